The first-order valence-corrected chi connectivity index (χ1v) is 7.05. The molecule has 120 valence electrons. The normalized spacial score (nSPS) is 14.0. The lowest BCUT2D eigenvalue weighted by Gasteiger charge is -2.28. The van der Waals surface area contributed by atoms with Crippen LogP contribution in [0.4, 0.5) is 0 Å². The van der Waals surface area contributed by atoms with E-state index in [4.69, 9.17) is 9.47 Å². The summed E-state index contributed by atoms with van der Waals surface area (Å²) < 4.78 is 10.6. The molecule has 0 aromatic heterocycles. The fraction of sp³-hybridized carbons (Fsp3) is 0.467. The Labute approximate surface area is 129 Å². The van der Waals surface area contributed by atoms with Gasteiger partial charge in [0.25, 0.3) is 5.91 Å². The molecule has 1 heterocycles. The fourth-order valence-electron chi connectivity index (χ4n) is 2.48. The molecule has 7 heteroatoms. The molecule has 0 saturated heterocycles. The summed E-state index contributed by atoms with van der Waals surface area (Å²) in [4.78, 5) is 24.5. The first-order chi connectivity index (χ1) is 10.5. The summed E-state index contributed by atoms with van der Waals surface area (Å²) in [5.74, 6) is 0.872. The van der Waals surface area contributed by atoms with Crippen molar-refractivity contribution in [2.45, 2.75) is 19.9 Å². The standard InChI is InChI=1S/C15H21N3O4/c1-10(19)16-17-15(20)9-18-5-4-11-6-13(21-2)14(22-3)7-12(11)8-18/h6-7H,4-5,8-9H2,1-3H3,(H,16,19)(H,17,20). The van der Waals surface area contributed by atoms with E-state index in [0.717, 1.165) is 24.3 Å². The average molecular weight is 307 g/mol. The molecule has 0 fully saturated rings. The number of fused-ring (bicyclic) bond motifs is 1. The largest absolute Gasteiger partial charge is 0.493 e. The minimum absolute atomic E-state index is 0.230. The number of rotatable bonds is 4. The highest BCUT2D eigenvalue weighted by atomic mass is 16.5. The summed E-state index contributed by atoms with van der Waals surface area (Å²) in [6.45, 7) is 3.00. The highest BCUT2D eigenvalue weighted by molar-refractivity contribution is 5.82. The Bertz CT molecular complexity index is 574. The zero-order chi connectivity index (χ0) is 16.1. The van der Waals surface area contributed by atoms with E-state index >= 15 is 0 Å². The van der Waals surface area contributed by atoms with Crippen LogP contribution in [0.2, 0.25) is 0 Å². The lowest BCUT2D eigenvalue weighted by Crippen LogP contribution is -2.46. The van der Waals surface area contributed by atoms with Gasteiger partial charge in [0.15, 0.2) is 11.5 Å². The molecule has 0 aliphatic carbocycles. The molecule has 2 rings (SSSR count). The van der Waals surface area contributed by atoms with Gasteiger partial charge in [0.05, 0.1) is 20.8 Å². The van der Waals surface area contributed by atoms with Crippen LogP contribution in [0, 0.1) is 0 Å². The highest BCUT2D eigenvalue weighted by Crippen LogP contribution is 2.33. The zero-order valence-corrected chi connectivity index (χ0v) is 13.1. The summed E-state index contributed by atoms with van der Waals surface area (Å²) in [5, 5.41) is 0. The van der Waals surface area contributed by atoms with E-state index in [1.54, 1.807) is 14.2 Å². The van der Waals surface area contributed by atoms with Crippen molar-refractivity contribution in [3.63, 3.8) is 0 Å². The predicted molar refractivity (Wildman–Crippen MR) is 80.5 cm³/mol. The Morgan fingerprint density at radius 1 is 1.14 bits per heavy atom. The van der Waals surface area contributed by atoms with E-state index in [1.165, 1.54) is 12.5 Å². The van der Waals surface area contributed by atoms with Crippen LogP contribution in [0.1, 0.15) is 18.1 Å². The van der Waals surface area contributed by atoms with Gasteiger partial charge in [-0.15, -0.1) is 0 Å². The maximum Gasteiger partial charge on any atom is 0.252 e. The van der Waals surface area contributed by atoms with Crippen LogP contribution in [-0.4, -0.2) is 44.0 Å². The van der Waals surface area contributed by atoms with Crippen LogP contribution >= 0.6 is 0 Å². The number of nitrogens with one attached hydrogen (secondary N) is 2. The Kier molecular flexibility index (Phi) is 5.21. The van der Waals surface area contributed by atoms with Crippen LogP contribution in [0.15, 0.2) is 12.1 Å². The molecule has 1 aromatic carbocycles. The van der Waals surface area contributed by atoms with Gasteiger partial charge in [0, 0.05) is 20.0 Å². The number of hydrogen-bond donors (Lipinski definition) is 2. The summed E-state index contributed by atoms with van der Waals surface area (Å²) in [5.41, 5.74) is 6.98. The first kappa shape index (κ1) is 16.1. The molecule has 1 aliphatic heterocycles. The van der Waals surface area contributed by atoms with Crippen LogP contribution in [0.5, 0.6) is 11.5 Å². The SMILES string of the molecule is COc1cc2c(cc1OC)CN(CC(=O)NNC(C)=O)CC2. The maximum absolute atomic E-state index is 11.7. The van der Waals surface area contributed by atoms with Crippen molar-refractivity contribution in [1.29, 1.82) is 0 Å². The monoisotopic (exact) mass is 307 g/mol. The van der Waals surface area contributed by atoms with Gasteiger partial charge in [-0.2, -0.15) is 0 Å². The van der Waals surface area contributed by atoms with E-state index in [-0.39, 0.29) is 18.4 Å². The van der Waals surface area contributed by atoms with Crippen LogP contribution in [-0.2, 0) is 22.6 Å². The van der Waals surface area contributed by atoms with Crippen molar-refractivity contribution >= 4 is 11.8 Å². The van der Waals surface area contributed by atoms with E-state index in [9.17, 15) is 9.59 Å². The van der Waals surface area contributed by atoms with Crippen molar-refractivity contribution < 1.29 is 19.1 Å². The minimum Gasteiger partial charge on any atom is -0.493 e. The van der Waals surface area contributed by atoms with E-state index in [0.29, 0.717) is 12.3 Å². The molecule has 0 radical (unpaired) electrons. The lowest BCUT2D eigenvalue weighted by molar-refractivity contribution is -0.128. The second kappa shape index (κ2) is 7.13. The van der Waals surface area contributed by atoms with Crippen molar-refractivity contribution in [2.24, 2.45) is 0 Å². The van der Waals surface area contributed by atoms with Gasteiger partial charge >= 0.3 is 0 Å². The van der Waals surface area contributed by atoms with Crippen LogP contribution in [0.3, 0.4) is 0 Å². The highest BCUT2D eigenvalue weighted by Gasteiger charge is 2.21. The number of hydrazine groups is 1. The summed E-state index contributed by atoms with van der Waals surface area (Å²) in [6, 6.07) is 3.94. The van der Waals surface area contributed by atoms with Crippen LogP contribution < -0.4 is 20.3 Å². The topological polar surface area (TPSA) is 79.9 Å². The Balaban J connectivity index is 2.01. The minimum atomic E-state index is -0.297. The van der Waals surface area contributed by atoms with Gasteiger partial charge in [0.2, 0.25) is 5.91 Å². The third kappa shape index (κ3) is 3.88. The molecule has 0 spiro atoms. The number of methoxy groups -OCH3 is 2. The van der Waals surface area contributed by atoms with Crippen LogP contribution in [0.25, 0.3) is 0 Å². The van der Waals surface area contributed by atoms with Gasteiger partial charge in [0.1, 0.15) is 0 Å². The molecule has 0 unspecified atom stereocenters. The Hall–Kier alpha value is -2.28. The summed E-state index contributed by atoms with van der Waals surface area (Å²) >= 11 is 0. The van der Waals surface area contributed by atoms with Gasteiger partial charge in [-0.05, 0) is 29.7 Å². The molecular formula is C15H21N3O4. The molecule has 1 aromatic rings. The zero-order valence-electron chi connectivity index (χ0n) is 13.1. The number of amides is 2. The lowest BCUT2D eigenvalue weighted by atomic mass is 9.99. The molecule has 0 saturated carbocycles. The molecule has 2 N–H and O–H groups in total. The number of nitrogens with zero attached hydrogens (tertiary/aromatic N) is 1. The number of hydrogen-bond acceptors (Lipinski definition) is 5. The number of carbonyl (C=O) groups is 2. The van der Waals surface area contributed by atoms with Gasteiger partial charge in [-0.3, -0.25) is 25.3 Å². The Morgan fingerprint density at radius 3 is 2.36 bits per heavy atom. The average Bonchev–Trinajstić information content (AvgIpc) is 2.51. The molecule has 1 aliphatic rings. The van der Waals surface area contributed by atoms with E-state index < -0.39 is 0 Å². The van der Waals surface area contributed by atoms with E-state index in [1.807, 2.05) is 17.0 Å². The van der Waals surface area contributed by atoms with Crippen molar-refractivity contribution in [3.8, 4) is 11.5 Å². The second-order valence-corrected chi connectivity index (χ2v) is 5.17. The smallest absolute Gasteiger partial charge is 0.252 e. The summed E-state index contributed by atoms with van der Waals surface area (Å²) in [7, 11) is 3.22. The third-order valence-corrected chi connectivity index (χ3v) is 3.54. The predicted octanol–water partition coefficient (Wildman–Crippen LogP) is 0.229. The van der Waals surface area contributed by atoms with E-state index in [2.05, 4.69) is 10.9 Å². The first-order valence-electron chi connectivity index (χ1n) is 7.05. The molecule has 7 nitrogen and oxygen atoms in total. The van der Waals surface area contributed by atoms with Gasteiger partial charge < -0.3 is 9.47 Å². The molecular weight excluding hydrogens is 286 g/mol. The Morgan fingerprint density at radius 2 is 1.77 bits per heavy atom. The fourth-order valence-corrected chi connectivity index (χ4v) is 2.48. The van der Waals surface area contributed by atoms with Crippen molar-refractivity contribution in [1.82, 2.24) is 15.8 Å². The molecule has 0 atom stereocenters. The number of ether oxygens (including phenoxy) is 2. The van der Waals surface area contributed by atoms with Crippen molar-refractivity contribution in [3.05, 3.63) is 23.3 Å². The summed E-state index contributed by atoms with van der Waals surface area (Å²) in [6.07, 6.45) is 0.836. The maximum atomic E-state index is 11.7. The number of benzene rings is 1. The third-order valence-electron chi connectivity index (χ3n) is 3.54. The van der Waals surface area contributed by atoms with Gasteiger partial charge in [-0.25, -0.2) is 0 Å². The molecule has 22 heavy (non-hydrogen) atoms. The second-order valence-electron chi connectivity index (χ2n) is 5.17. The number of carbonyl (C=O) groups excluding carboxylic acids is 2. The van der Waals surface area contributed by atoms with Crippen molar-refractivity contribution in [2.75, 3.05) is 27.3 Å². The van der Waals surface area contributed by atoms with Gasteiger partial charge in [-0.1, -0.05) is 0 Å². The quantitative estimate of drug-likeness (QED) is 0.779. The molecule has 2 amide bonds. The molecule has 0 bridgehead atoms.